The summed E-state index contributed by atoms with van der Waals surface area (Å²) in [5.74, 6) is -0.126. The van der Waals surface area contributed by atoms with Crippen molar-refractivity contribution in [2.45, 2.75) is 30.0 Å². The van der Waals surface area contributed by atoms with Gasteiger partial charge in [-0.2, -0.15) is 0 Å². The molecule has 0 bridgehead atoms. The smallest absolute Gasteiger partial charge is 0.253 e. The molecule has 1 heterocycles. The normalized spacial score (nSPS) is 18.1. The fourth-order valence-electron chi connectivity index (χ4n) is 1.90. The Morgan fingerprint density at radius 3 is 2.81 bits per heavy atom. The molecule has 3 N–H and O–H groups in total. The Morgan fingerprint density at radius 2 is 2.19 bits per heavy atom. The molecule has 0 radical (unpaired) electrons. The van der Waals surface area contributed by atoms with E-state index in [0.29, 0.717) is 17.8 Å². The molecule has 1 aromatic carbocycles. The number of benzene rings is 1. The van der Waals surface area contributed by atoms with Crippen molar-refractivity contribution in [2.75, 3.05) is 18.9 Å². The van der Waals surface area contributed by atoms with Crippen LogP contribution >= 0.6 is 24.2 Å². The third kappa shape index (κ3) is 3.70. The number of rotatable bonds is 3. The van der Waals surface area contributed by atoms with Crippen molar-refractivity contribution < 1.29 is 9.59 Å². The number of anilines is 1. The molecule has 0 saturated heterocycles. The van der Waals surface area contributed by atoms with Gasteiger partial charge in [0.05, 0.1) is 10.9 Å². The van der Waals surface area contributed by atoms with Crippen molar-refractivity contribution >= 4 is 41.7 Å². The van der Waals surface area contributed by atoms with E-state index in [2.05, 4.69) is 5.32 Å². The average Bonchev–Trinajstić information content (AvgIpc) is 2.45. The van der Waals surface area contributed by atoms with Crippen LogP contribution in [0.1, 0.15) is 24.2 Å². The lowest BCUT2D eigenvalue weighted by Gasteiger charge is -2.25. The van der Waals surface area contributed by atoms with Gasteiger partial charge in [0.15, 0.2) is 0 Å². The largest absolute Gasteiger partial charge is 0.338 e. The number of likely N-dealkylation sites (N-methyl/N-ethyl adjacent to an activating group) is 1. The van der Waals surface area contributed by atoms with Crippen molar-refractivity contribution in [2.24, 2.45) is 5.73 Å². The number of nitrogens with one attached hydrogen (secondary N) is 1. The Morgan fingerprint density at radius 1 is 1.52 bits per heavy atom. The van der Waals surface area contributed by atoms with Gasteiger partial charge in [0.25, 0.3) is 5.91 Å². The molecule has 0 aliphatic carbocycles. The number of thioether (sulfide) groups is 1. The molecule has 1 aliphatic heterocycles. The summed E-state index contributed by atoms with van der Waals surface area (Å²) < 4.78 is 0. The van der Waals surface area contributed by atoms with E-state index in [4.69, 9.17) is 5.73 Å². The Hall–Kier alpha value is -1.24. The van der Waals surface area contributed by atoms with Gasteiger partial charge < -0.3 is 16.0 Å². The summed E-state index contributed by atoms with van der Waals surface area (Å²) in [5, 5.41) is 2.72. The second-order valence-electron chi connectivity index (χ2n) is 4.96. The third-order valence-corrected chi connectivity index (χ3v) is 4.66. The summed E-state index contributed by atoms with van der Waals surface area (Å²) in [7, 11) is 1.73. The molecule has 2 unspecified atom stereocenters. The van der Waals surface area contributed by atoms with E-state index >= 15 is 0 Å². The van der Waals surface area contributed by atoms with Gasteiger partial charge in [-0.05, 0) is 32.0 Å². The van der Waals surface area contributed by atoms with E-state index in [9.17, 15) is 9.59 Å². The fraction of sp³-hybridized carbons (Fsp3) is 0.429. The van der Waals surface area contributed by atoms with E-state index in [1.165, 1.54) is 11.8 Å². The number of amides is 2. The van der Waals surface area contributed by atoms with Gasteiger partial charge in [-0.3, -0.25) is 9.59 Å². The van der Waals surface area contributed by atoms with Gasteiger partial charge in [-0.1, -0.05) is 0 Å². The summed E-state index contributed by atoms with van der Waals surface area (Å²) in [6, 6.07) is 5.37. The summed E-state index contributed by atoms with van der Waals surface area (Å²) in [6.45, 7) is 4.17. The van der Waals surface area contributed by atoms with E-state index in [0.717, 1.165) is 4.90 Å². The van der Waals surface area contributed by atoms with Crippen molar-refractivity contribution in [3.8, 4) is 0 Å². The molecule has 2 amide bonds. The van der Waals surface area contributed by atoms with Gasteiger partial charge in [0.1, 0.15) is 0 Å². The Bertz CT molecular complexity index is 553. The average molecular weight is 330 g/mol. The van der Waals surface area contributed by atoms with Crippen LogP contribution in [0.2, 0.25) is 0 Å². The van der Waals surface area contributed by atoms with Crippen LogP contribution in [-0.4, -0.2) is 41.6 Å². The number of hydrogen-bond donors (Lipinski definition) is 2. The fourth-order valence-corrected chi connectivity index (χ4v) is 2.83. The maximum absolute atomic E-state index is 12.3. The standard InChI is InChI=1S/C14H19N3O2S.ClH/c1-8(7-15)17(3)14(19)10-4-5-12-11(6-10)16-13(18)9(2)20-12;/h4-6,8-9H,7,15H2,1-3H3,(H,16,18);1H. The first-order valence-corrected chi connectivity index (χ1v) is 7.40. The second kappa shape index (κ2) is 7.15. The molecule has 0 aromatic heterocycles. The zero-order valence-electron chi connectivity index (χ0n) is 12.3. The van der Waals surface area contributed by atoms with Crippen LogP contribution in [0, 0.1) is 0 Å². The van der Waals surface area contributed by atoms with Crippen LogP contribution in [0.15, 0.2) is 23.1 Å². The molecule has 0 spiro atoms. The van der Waals surface area contributed by atoms with Crippen LogP contribution in [-0.2, 0) is 4.79 Å². The number of carbonyl (C=O) groups is 2. The molecule has 1 aliphatic rings. The SMILES string of the molecule is CC1Sc2ccc(C(=O)N(C)C(C)CN)cc2NC1=O.Cl. The number of nitrogens with zero attached hydrogens (tertiary/aromatic N) is 1. The van der Waals surface area contributed by atoms with Crippen LogP contribution in [0.5, 0.6) is 0 Å². The van der Waals surface area contributed by atoms with E-state index in [-0.39, 0.29) is 35.5 Å². The lowest BCUT2D eigenvalue weighted by Crippen LogP contribution is -2.39. The molecular weight excluding hydrogens is 310 g/mol. The van der Waals surface area contributed by atoms with E-state index in [1.54, 1.807) is 24.1 Å². The quantitative estimate of drug-likeness (QED) is 0.889. The molecule has 0 fully saturated rings. The molecule has 21 heavy (non-hydrogen) atoms. The predicted octanol–water partition coefficient (Wildman–Crippen LogP) is 1.96. The van der Waals surface area contributed by atoms with Crippen LogP contribution in [0.3, 0.4) is 0 Å². The van der Waals surface area contributed by atoms with E-state index in [1.807, 2.05) is 19.9 Å². The van der Waals surface area contributed by atoms with Crippen LogP contribution in [0.4, 0.5) is 5.69 Å². The minimum Gasteiger partial charge on any atom is -0.338 e. The molecule has 0 saturated carbocycles. The summed E-state index contributed by atoms with van der Waals surface area (Å²) in [5.41, 5.74) is 6.84. The van der Waals surface area contributed by atoms with Gasteiger partial charge in [0, 0.05) is 30.1 Å². The van der Waals surface area contributed by atoms with Crippen molar-refractivity contribution in [3.63, 3.8) is 0 Å². The summed E-state index contributed by atoms with van der Waals surface area (Å²) >= 11 is 1.50. The minimum atomic E-state index is -0.107. The van der Waals surface area contributed by atoms with Gasteiger partial charge in [-0.15, -0.1) is 24.2 Å². The number of fused-ring (bicyclic) bond motifs is 1. The highest BCUT2D eigenvalue weighted by Gasteiger charge is 2.24. The minimum absolute atomic E-state index is 0. The number of carbonyl (C=O) groups excluding carboxylic acids is 2. The highest BCUT2D eigenvalue weighted by molar-refractivity contribution is 8.00. The zero-order valence-corrected chi connectivity index (χ0v) is 13.9. The Kier molecular flexibility index (Phi) is 6.07. The lowest BCUT2D eigenvalue weighted by molar-refractivity contribution is -0.115. The lowest BCUT2D eigenvalue weighted by atomic mass is 10.1. The molecule has 7 heteroatoms. The maximum atomic E-state index is 12.3. The number of nitrogens with two attached hydrogens (primary N) is 1. The molecule has 2 rings (SSSR count). The molecule has 2 atom stereocenters. The van der Waals surface area contributed by atoms with Crippen molar-refractivity contribution in [3.05, 3.63) is 23.8 Å². The summed E-state index contributed by atoms with van der Waals surface area (Å²) in [6.07, 6.45) is 0. The third-order valence-electron chi connectivity index (χ3n) is 3.48. The predicted molar refractivity (Wildman–Crippen MR) is 88.2 cm³/mol. The monoisotopic (exact) mass is 329 g/mol. The highest BCUT2D eigenvalue weighted by atomic mass is 35.5. The first-order valence-electron chi connectivity index (χ1n) is 6.53. The van der Waals surface area contributed by atoms with Crippen molar-refractivity contribution in [1.82, 2.24) is 4.90 Å². The van der Waals surface area contributed by atoms with Gasteiger partial charge in [0.2, 0.25) is 5.91 Å². The second-order valence-corrected chi connectivity index (χ2v) is 6.34. The molecule has 5 nitrogen and oxygen atoms in total. The Balaban J connectivity index is 0.00000220. The number of hydrogen-bond acceptors (Lipinski definition) is 4. The van der Waals surface area contributed by atoms with Crippen LogP contribution < -0.4 is 11.1 Å². The maximum Gasteiger partial charge on any atom is 0.253 e. The number of halogens is 1. The van der Waals surface area contributed by atoms with Gasteiger partial charge in [-0.25, -0.2) is 0 Å². The van der Waals surface area contributed by atoms with E-state index < -0.39 is 0 Å². The first kappa shape index (κ1) is 17.8. The summed E-state index contributed by atoms with van der Waals surface area (Å²) in [4.78, 5) is 26.6. The zero-order chi connectivity index (χ0) is 14.9. The molecule has 1 aromatic rings. The van der Waals surface area contributed by atoms with Gasteiger partial charge >= 0.3 is 0 Å². The first-order chi connectivity index (χ1) is 9.43. The highest BCUT2D eigenvalue weighted by Crippen LogP contribution is 2.36. The molecular formula is C14H20ClN3O2S. The van der Waals surface area contributed by atoms with Crippen molar-refractivity contribution in [1.29, 1.82) is 0 Å². The topological polar surface area (TPSA) is 75.4 Å². The molecule has 116 valence electrons. The van der Waals surface area contributed by atoms with Crippen LogP contribution in [0.25, 0.3) is 0 Å². The Labute approximate surface area is 135 Å².